The molecule has 5 heteroatoms. The molecule has 1 aromatic carbocycles. The van der Waals surface area contributed by atoms with Gasteiger partial charge in [-0.1, -0.05) is 12.1 Å². The first-order chi connectivity index (χ1) is 10.4. The van der Waals surface area contributed by atoms with Gasteiger partial charge in [-0.2, -0.15) is 5.10 Å². The molecule has 0 spiro atoms. The molecule has 0 saturated heterocycles. The summed E-state index contributed by atoms with van der Waals surface area (Å²) in [6.45, 7) is 6.26. The Hall–Kier alpha value is -1.75. The molecule has 22 heavy (non-hydrogen) atoms. The normalized spacial score (nSPS) is 18.0. The number of benzene rings is 1. The van der Waals surface area contributed by atoms with Crippen LogP contribution in [-0.4, -0.2) is 21.9 Å². The predicted octanol–water partition coefficient (Wildman–Crippen LogP) is 3.83. The van der Waals surface area contributed by atoms with Crippen molar-refractivity contribution in [1.82, 2.24) is 9.78 Å². The fourth-order valence-electron chi connectivity index (χ4n) is 2.86. The predicted molar refractivity (Wildman–Crippen MR) is 90.5 cm³/mol. The first-order valence-corrected chi connectivity index (χ1v) is 8.65. The van der Waals surface area contributed by atoms with Gasteiger partial charge in [0.1, 0.15) is 5.82 Å². The Balaban J connectivity index is 2.04. The lowest BCUT2D eigenvalue weighted by Crippen LogP contribution is -2.30. The number of nitrogens with one attached hydrogen (secondary N) is 1. The summed E-state index contributed by atoms with van der Waals surface area (Å²) in [5, 5.41) is 7.51. The lowest BCUT2D eigenvalue weighted by Gasteiger charge is -2.28. The molecule has 0 aliphatic carbocycles. The number of nitrogens with zero attached hydrogens (tertiary/aromatic N) is 2. The number of amides is 1. The number of carbonyl (C=O) groups is 1. The van der Waals surface area contributed by atoms with E-state index in [0.29, 0.717) is 6.42 Å². The summed E-state index contributed by atoms with van der Waals surface area (Å²) in [5.41, 5.74) is 2.11. The van der Waals surface area contributed by atoms with E-state index in [4.69, 9.17) is 0 Å². The fourth-order valence-corrected chi connectivity index (χ4v) is 3.27. The third kappa shape index (κ3) is 2.65. The number of anilines is 1. The van der Waals surface area contributed by atoms with Gasteiger partial charge in [-0.3, -0.25) is 4.79 Å². The molecule has 0 fully saturated rings. The molecule has 1 aliphatic rings. The second kappa shape index (κ2) is 5.47. The zero-order valence-corrected chi connectivity index (χ0v) is 14.2. The maximum absolute atomic E-state index is 12.2. The minimum absolute atomic E-state index is 0.0532. The molecule has 0 bridgehead atoms. The topological polar surface area (TPSA) is 46.9 Å². The average molecular weight is 315 g/mol. The minimum atomic E-state index is -0.161. The smallest absolute Gasteiger partial charge is 0.226 e. The Morgan fingerprint density at radius 3 is 2.55 bits per heavy atom. The Bertz CT molecular complexity index is 698. The molecule has 116 valence electrons. The number of hydrogen-bond donors (Lipinski definition) is 1. The molecular weight excluding hydrogens is 294 g/mol. The molecule has 3 rings (SSSR count). The van der Waals surface area contributed by atoms with E-state index >= 15 is 0 Å². The number of fused-ring (bicyclic) bond motifs is 1. The number of rotatable bonds is 2. The molecule has 2 aromatic rings. The summed E-state index contributed by atoms with van der Waals surface area (Å²) in [7, 11) is 0. The van der Waals surface area contributed by atoms with E-state index in [2.05, 4.69) is 61.7 Å². The third-order valence-electron chi connectivity index (χ3n) is 3.97. The van der Waals surface area contributed by atoms with Crippen LogP contribution in [0, 0.1) is 0 Å². The molecule has 1 N–H and O–H groups in total. The van der Waals surface area contributed by atoms with Crippen molar-refractivity contribution in [2.24, 2.45) is 0 Å². The highest BCUT2D eigenvalue weighted by atomic mass is 32.2. The molecule has 2 heterocycles. The van der Waals surface area contributed by atoms with E-state index in [-0.39, 0.29) is 17.4 Å². The Morgan fingerprint density at radius 2 is 1.95 bits per heavy atom. The second-order valence-electron chi connectivity index (χ2n) is 6.61. The Labute approximate surface area is 135 Å². The van der Waals surface area contributed by atoms with Crippen LogP contribution in [0.25, 0.3) is 0 Å². The van der Waals surface area contributed by atoms with E-state index in [1.807, 2.05) is 10.9 Å². The van der Waals surface area contributed by atoms with Crippen molar-refractivity contribution in [3.8, 4) is 0 Å². The molecule has 4 nitrogen and oxygen atoms in total. The van der Waals surface area contributed by atoms with Gasteiger partial charge in [0.2, 0.25) is 5.91 Å². The molecule has 1 aromatic heterocycles. The van der Waals surface area contributed by atoms with Gasteiger partial charge in [-0.15, -0.1) is 11.8 Å². The van der Waals surface area contributed by atoms with Gasteiger partial charge in [0, 0.05) is 22.8 Å². The van der Waals surface area contributed by atoms with Gasteiger partial charge >= 0.3 is 0 Å². The summed E-state index contributed by atoms with van der Waals surface area (Å²) in [6, 6.07) is 8.46. The third-order valence-corrected chi connectivity index (χ3v) is 4.72. The SMILES string of the molecule is CSc1ccc(C2CC(=O)Nc3c2cnn3C(C)(C)C)cc1. The van der Waals surface area contributed by atoms with Crippen LogP contribution >= 0.6 is 11.8 Å². The largest absolute Gasteiger partial charge is 0.311 e. The fraction of sp³-hybridized carbons (Fsp3) is 0.412. The molecule has 1 aliphatic heterocycles. The van der Waals surface area contributed by atoms with Crippen molar-refractivity contribution < 1.29 is 4.79 Å². The lowest BCUT2D eigenvalue weighted by atomic mass is 9.87. The first kappa shape index (κ1) is 15.2. The zero-order chi connectivity index (χ0) is 15.9. The lowest BCUT2D eigenvalue weighted by molar-refractivity contribution is -0.116. The van der Waals surface area contributed by atoms with Crippen molar-refractivity contribution in [2.75, 3.05) is 11.6 Å². The second-order valence-corrected chi connectivity index (χ2v) is 7.49. The van der Waals surface area contributed by atoms with Crippen LogP contribution in [0.3, 0.4) is 0 Å². The van der Waals surface area contributed by atoms with Gasteiger partial charge in [-0.25, -0.2) is 4.68 Å². The van der Waals surface area contributed by atoms with Crippen molar-refractivity contribution in [3.05, 3.63) is 41.6 Å². The van der Waals surface area contributed by atoms with Crippen molar-refractivity contribution in [1.29, 1.82) is 0 Å². The van der Waals surface area contributed by atoms with Gasteiger partial charge in [0.15, 0.2) is 0 Å². The van der Waals surface area contributed by atoms with Crippen molar-refractivity contribution >= 4 is 23.5 Å². The minimum Gasteiger partial charge on any atom is -0.311 e. The Kier molecular flexibility index (Phi) is 3.77. The van der Waals surface area contributed by atoms with Crippen LogP contribution < -0.4 is 5.32 Å². The quantitative estimate of drug-likeness (QED) is 0.857. The van der Waals surface area contributed by atoms with Crippen LogP contribution in [0.15, 0.2) is 35.4 Å². The maximum atomic E-state index is 12.2. The van der Waals surface area contributed by atoms with Gasteiger partial charge < -0.3 is 5.32 Å². The van der Waals surface area contributed by atoms with Gasteiger partial charge in [0.05, 0.1) is 11.7 Å². The van der Waals surface area contributed by atoms with Gasteiger partial charge in [-0.05, 0) is 44.7 Å². The number of carbonyl (C=O) groups excluding carboxylic acids is 1. The molecule has 0 saturated carbocycles. The van der Waals surface area contributed by atoms with E-state index in [1.165, 1.54) is 10.5 Å². The number of hydrogen-bond acceptors (Lipinski definition) is 3. The molecule has 1 amide bonds. The summed E-state index contributed by atoms with van der Waals surface area (Å²) in [6.07, 6.45) is 4.43. The Morgan fingerprint density at radius 1 is 1.27 bits per heavy atom. The van der Waals surface area contributed by atoms with Crippen molar-refractivity contribution in [2.45, 2.75) is 43.5 Å². The van der Waals surface area contributed by atoms with Crippen LogP contribution in [-0.2, 0) is 10.3 Å². The zero-order valence-electron chi connectivity index (χ0n) is 13.4. The standard InChI is InChI=1S/C17H21N3OS/c1-17(2,3)20-16-14(10-18-20)13(9-15(21)19-16)11-5-7-12(22-4)8-6-11/h5-8,10,13H,9H2,1-4H3,(H,19,21). The van der Waals surface area contributed by atoms with E-state index < -0.39 is 0 Å². The number of aromatic nitrogens is 2. The maximum Gasteiger partial charge on any atom is 0.226 e. The summed E-state index contributed by atoms with van der Waals surface area (Å²) >= 11 is 1.72. The van der Waals surface area contributed by atoms with Crippen molar-refractivity contribution in [3.63, 3.8) is 0 Å². The van der Waals surface area contributed by atoms with E-state index in [1.54, 1.807) is 11.8 Å². The summed E-state index contributed by atoms with van der Waals surface area (Å²) in [4.78, 5) is 13.4. The summed E-state index contributed by atoms with van der Waals surface area (Å²) < 4.78 is 1.91. The summed E-state index contributed by atoms with van der Waals surface area (Å²) in [5.74, 6) is 0.968. The monoisotopic (exact) mass is 315 g/mol. The molecule has 1 unspecified atom stereocenters. The van der Waals surface area contributed by atoms with Crippen LogP contribution in [0.1, 0.15) is 44.2 Å². The highest BCUT2D eigenvalue weighted by Crippen LogP contribution is 2.39. The van der Waals surface area contributed by atoms with E-state index in [0.717, 1.165) is 11.4 Å². The molecule has 0 radical (unpaired) electrons. The molecule has 1 atom stereocenters. The highest BCUT2D eigenvalue weighted by molar-refractivity contribution is 7.98. The molecular formula is C17H21N3OS. The first-order valence-electron chi connectivity index (χ1n) is 7.42. The van der Waals surface area contributed by atoms with Crippen LogP contribution in [0.4, 0.5) is 5.82 Å². The van der Waals surface area contributed by atoms with Gasteiger partial charge in [0.25, 0.3) is 0 Å². The number of thioether (sulfide) groups is 1. The van der Waals surface area contributed by atoms with Crippen LogP contribution in [0.2, 0.25) is 0 Å². The highest BCUT2D eigenvalue weighted by Gasteiger charge is 2.32. The van der Waals surface area contributed by atoms with Crippen LogP contribution in [0.5, 0.6) is 0 Å². The average Bonchev–Trinajstić information content (AvgIpc) is 2.90. The van der Waals surface area contributed by atoms with E-state index in [9.17, 15) is 4.79 Å².